The first kappa shape index (κ1) is 19.8. The van der Waals surface area contributed by atoms with Gasteiger partial charge in [0, 0.05) is 0 Å². The maximum atomic E-state index is 2.62. The second kappa shape index (κ2) is 7.00. The molecule has 138 valence electrons. The number of rotatable bonds is 4. The summed E-state index contributed by atoms with van der Waals surface area (Å²) in [4.78, 5) is 0. The van der Waals surface area contributed by atoms with Crippen LogP contribution >= 0.6 is 0 Å². The quantitative estimate of drug-likeness (QED) is 0.459. The van der Waals surface area contributed by atoms with E-state index in [0.717, 1.165) is 11.8 Å². The minimum absolute atomic E-state index is 0.409. The van der Waals surface area contributed by atoms with Crippen molar-refractivity contribution in [2.24, 2.45) is 28.1 Å². The lowest BCUT2D eigenvalue weighted by molar-refractivity contribution is 0.0583. The van der Waals surface area contributed by atoms with E-state index in [2.05, 4.69) is 67.5 Å². The van der Waals surface area contributed by atoms with Crippen molar-refractivity contribution in [3.8, 4) is 0 Å². The summed E-state index contributed by atoms with van der Waals surface area (Å²) in [5.74, 6) is 1.64. The summed E-state index contributed by atoms with van der Waals surface area (Å²) in [6.45, 7) is 19.4. The Labute approximate surface area is 152 Å². The molecular formula is C24H42. The molecule has 0 unspecified atom stereocenters. The molecular weight excluding hydrogens is 288 g/mol. The lowest BCUT2D eigenvalue weighted by Crippen LogP contribution is -2.43. The summed E-state index contributed by atoms with van der Waals surface area (Å²) in [7, 11) is 0. The molecule has 2 rings (SSSR count). The Balaban J connectivity index is 2.11. The molecule has 0 radical (unpaired) electrons. The molecule has 3 atom stereocenters. The van der Waals surface area contributed by atoms with Gasteiger partial charge in [0.05, 0.1) is 0 Å². The van der Waals surface area contributed by atoms with Gasteiger partial charge < -0.3 is 0 Å². The Hall–Kier alpha value is -0.520. The summed E-state index contributed by atoms with van der Waals surface area (Å²) in [5, 5.41) is 0. The fourth-order valence-corrected chi connectivity index (χ4v) is 5.01. The van der Waals surface area contributed by atoms with Gasteiger partial charge in [-0.15, -0.1) is 0 Å². The van der Waals surface area contributed by atoms with Crippen LogP contribution in [0.3, 0.4) is 0 Å². The van der Waals surface area contributed by atoms with Crippen molar-refractivity contribution < 1.29 is 0 Å². The largest absolute Gasteiger partial charge is 0.0851 e. The van der Waals surface area contributed by atoms with Crippen LogP contribution in [-0.4, -0.2) is 0 Å². The van der Waals surface area contributed by atoms with Crippen LogP contribution in [0, 0.1) is 28.1 Å². The van der Waals surface area contributed by atoms with Gasteiger partial charge >= 0.3 is 0 Å². The number of fused-ring (bicyclic) bond motifs is 1. The van der Waals surface area contributed by atoms with E-state index in [4.69, 9.17) is 0 Å². The van der Waals surface area contributed by atoms with Gasteiger partial charge in [0.1, 0.15) is 0 Å². The molecule has 0 amide bonds. The average Bonchev–Trinajstić information content (AvgIpc) is 2.46. The second-order valence-corrected chi connectivity index (χ2v) is 10.9. The van der Waals surface area contributed by atoms with Crippen LogP contribution in [0.2, 0.25) is 0 Å². The molecule has 24 heavy (non-hydrogen) atoms. The molecule has 0 aromatic carbocycles. The summed E-state index contributed by atoms with van der Waals surface area (Å²) in [5.41, 5.74) is 4.72. The maximum Gasteiger partial charge on any atom is -0.0141 e. The van der Waals surface area contributed by atoms with E-state index in [1.54, 1.807) is 11.1 Å². The van der Waals surface area contributed by atoms with Crippen LogP contribution in [0.25, 0.3) is 0 Å². The van der Waals surface area contributed by atoms with Crippen molar-refractivity contribution in [2.45, 2.75) is 100 Å². The monoisotopic (exact) mass is 330 g/mol. The van der Waals surface area contributed by atoms with E-state index in [1.165, 1.54) is 44.9 Å². The first-order chi connectivity index (χ1) is 11.0. The highest BCUT2D eigenvalue weighted by atomic mass is 14.5. The van der Waals surface area contributed by atoms with Crippen molar-refractivity contribution in [1.82, 2.24) is 0 Å². The van der Waals surface area contributed by atoms with Crippen molar-refractivity contribution in [3.05, 3.63) is 23.3 Å². The lowest BCUT2D eigenvalue weighted by atomic mass is 9.52. The normalized spacial score (nSPS) is 33.8. The summed E-state index contributed by atoms with van der Waals surface area (Å²) >= 11 is 0. The van der Waals surface area contributed by atoms with Gasteiger partial charge in [-0.1, -0.05) is 78.2 Å². The standard InChI is InChI=1S/C24H42/c1-18(13-16-22(3,4)5)14-17-24(8)19(2)11-12-20-21(24)10-9-15-23(20,6)7/h12-13,19,21H,9-11,14-17H2,1-8H3/b18-13+/t19-,21-,24-/m1/s1. The highest BCUT2D eigenvalue weighted by Gasteiger charge is 2.47. The Kier molecular flexibility index (Phi) is 5.78. The Morgan fingerprint density at radius 1 is 1.25 bits per heavy atom. The summed E-state index contributed by atoms with van der Waals surface area (Å²) in [6, 6.07) is 0. The van der Waals surface area contributed by atoms with E-state index < -0.39 is 0 Å². The zero-order valence-electron chi connectivity index (χ0n) is 17.8. The minimum Gasteiger partial charge on any atom is -0.0851 e. The van der Waals surface area contributed by atoms with E-state index >= 15 is 0 Å². The van der Waals surface area contributed by atoms with Crippen molar-refractivity contribution in [2.75, 3.05) is 0 Å². The Morgan fingerprint density at radius 2 is 1.92 bits per heavy atom. The van der Waals surface area contributed by atoms with Crippen LogP contribution in [0.1, 0.15) is 100 Å². The van der Waals surface area contributed by atoms with Crippen LogP contribution in [0.5, 0.6) is 0 Å². The molecule has 1 fully saturated rings. The van der Waals surface area contributed by atoms with Crippen LogP contribution in [-0.2, 0) is 0 Å². The predicted octanol–water partition coefficient (Wildman–Crippen LogP) is 7.95. The van der Waals surface area contributed by atoms with E-state index in [1.807, 2.05) is 0 Å². The third-order valence-corrected chi connectivity index (χ3v) is 7.19. The minimum atomic E-state index is 0.409. The third-order valence-electron chi connectivity index (χ3n) is 7.19. The van der Waals surface area contributed by atoms with Gasteiger partial charge in [0.2, 0.25) is 0 Å². The molecule has 0 aromatic rings. The lowest BCUT2D eigenvalue weighted by Gasteiger charge is -2.53. The zero-order chi connectivity index (χ0) is 18.2. The molecule has 2 aliphatic rings. The van der Waals surface area contributed by atoms with Crippen molar-refractivity contribution in [3.63, 3.8) is 0 Å². The van der Waals surface area contributed by atoms with Crippen molar-refractivity contribution >= 4 is 0 Å². The van der Waals surface area contributed by atoms with Gasteiger partial charge in [-0.25, -0.2) is 0 Å². The molecule has 0 nitrogen and oxygen atoms in total. The Bertz CT molecular complexity index is 497. The molecule has 0 N–H and O–H groups in total. The molecule has 0 aliphatic heterocycles. The molecule has 0 bridgehead atoms. The zero-order valence-corrected chi connectivity index (χ0v) is 17.8. The third kappa shape index (κ3) is 4.36. The summed E-state index contributed by atoms with van der Waals surface area (Å²) in [6.07, 6.45) is 14.5. The molecule has 0 heteroatoms. The smallest absolute Gasteiger partial charge is 0.0141 e. The highest BCUT2D eigenvalue weighted by Crippen LogP contribution is 2.58. The van der Waals surface area contributed by atoms with E-state index in [0.29, 0.717) is 16.2 Å². The van der Waals surface area contributed by atoms with Gasteiger partial charge in [-0.3, -0.25) is 0 Å². The van der Waals surface area contributed by atoms with Crippen molar-refractivity contribution in [1.29, 1.82) is 0 Å². The number of hydrogen-bond donors (Lipinski definition) is 0. The SMILES string of the molecule is C/C(=C\CC(C)(C)C)CC[C@]1(C)[C@H](C)CC=C2[C@H]1CCCC2(C)C. The Morgan fingerprint density at radius 3 is 2.54 bits per heavy atom. The second-order valence-electron chi connectivity index (χ2n) is 10.9. The topological polar surface area (TPSA) is 0 Å². The maximum absolute atomic E-state index is 2.62. The van der Waals surface area contributed by atoms with Crippen LogP contribution in [0.4, 0.5) is 0 Å². The van der Waals surface area contributed by atoms with Crippen LogP contribution < -0.4 is 0 Å². The van der Waals surface area contributed by atoms with Gasteiger partial charge in [0.15, 0.2) is 0 Å². The average molecular weight is 331 g/mol. The fraction of sp³-hybridized carbons (Fsp3) is 0.833. The first-order valence-electron chi connectivity index (χ1n) is 10.3. The highest BCUT2D eigenvalue weighted by molar-refractivity contribution is 5.25. The van der Waals surface area contributed by atoms with E-state index in [-0.39, 0.29) is 0 Å². The fourth-order valence-electron chi connectivity index (χ4n) is 5.01. The molecule has 0 heterocycles. The number of hydrogen-bond acceptors (Lipinski definition) is 0. The van der Waals surface area contributed by atoms with Gasteiger partial charge in [0.25, 0.3) is 0 Å². The summed E-state index contributed by atoms with van der Waals surface area (Å²) < 4.78 is 0. The molecule has 0 saturated heterocycles. The first-order valence-corrected chi connectivity index (χ1v) is 10.3. The van der Waals surface area contributed by atoms with Crippen LogP contribution in [0.15, 0.2) is 23.3 Å². The van der Waals surface area contributed by atoms with E-state index in [9.17, 15) is 0 Å². The van der Waals surface area contributed by atoms with Gasteiger partial charge in [-0.05, 0) is 73.5 Å². The number of allylic oxidation sites excluding steroid dienone is 4. The van der Waals surface area contributed by atoms with Gasteiger partial charge in [-0.2, -0.15) is 0 Å². The molecule has 1 saturated carbocycles. The molecule has 0 aromatic heterocycles. The molecule has 0 spiro atoms. The predicted molar refractivity (Wildman–Crippen MR) is 108 cm³/mol. The molecule has 2 aliphatic carbocycles.